The van der Waals surface area contributed by atoms with Crippen LogP contribution in [0, 0.1) is 0 Å². The molecule has 0 saturated heterocycles. The molecule has 1 aromatic carbocycles. The van der Waals surface area contributed by atoms with Crippen molar-refractivity contribution in [1.29, 1.82) is 0 Å². The molecule has 0 unspecified atom stereocenters. The SMILES string of the molecule is Nc1ccccc1CC(=O)NCCCn1cccn1. The van der Waals surface area contributed by atoms with Crippen LogP contribution in [0.15, 0.2) is 42.7 Å². The van der Waals surface area contributed by atoms with Gasteiger partial charge in [-0.1, -0.05) is 18.2 Å². The molecule has 5 nitrogen and oxygen atoms in total. The summed E-state index contributed by atoms with van der Waals surface area (Å²) in [6.45, 7) is 1.45. The van der Waals surface area contributed by atoms with Crippen molar-refractivity contribution in [2.45, 2.75) is 19.4 Å². The van der Waals surface area contributed by atoms with E-state index in [-0.39, 0.29) is 5.91 Å². The molecule has 1 heterocycles. The smallest absolute Gasteiger partial charge is 0.224 e. The Morgan fingerprint density at radius 3 is 2.89 bits per heavy atom. The van der Waals surface area contributed by atoms with E-state index in [1.54, 1.807) is 12.3 Å². The molecule has 100 valence electrons. The zero-order chi connectivity index (χ0) is 13.5. The van der Waals surface area contributed by atoms with Crippen LogP contribution < -0.4 is 11.1 Å². The summed E-state index contributed by atoms with van der Waals surface area (Å²) >= 11 is 0. The van der Waals surface area contributed by atoms with Gasteiger partial charge in [-0.2, -0.15) is 5.10 Å². The van der Waals surface area contributed by atoms with Crippen molar-refractivity contribution < 1.29 is 4.79 Å². The zero-order valence-corrected chi connectivity index (χ0v) is 10.7. The number of aryl methyl sites for hydroxylation is 1. The Kier molecular flexibility index (Phi) is 4.55. The first kappa shape index (κ1) is 13.1. The van der Waals surface area contributed by atoms with E-state index < -0.39 is 0 Å². The number of nitrogens with one attached hydrogen (secondary N) is 1. The number of nitrogens with two attached hydrogens (primary N) is 1. The monoisotopic (exact) mass is 258 g/mol. The van der Waals surface area contributed by atoms with Crippen LogP contribution in [-0.2, 0) is 17.8 Å². The average molecular weight is 258 g/mol. The predicted octanol–water partition coefficient (Wildman–Crippen LogP) is 1.21. The Morgan fingerprint density at radius 1 is 1.32 bits per heavy atom. The molecule has 0 spiro atoms. The van der Waals surface area contributed by atoms with E-state index in [0.29, 0.717) is 18.7 Å². The number of carbonyl (C=O) groups excluding carboxylic acids is 1. The fraction of sp³-hybridized carbons (Fsp3) is 0.286. The molecule has 0 saturated carbocycles. The van der Waals surface area contributed by atoms with Crippen LogP contribution in [0.25, 0.3) is 0 Å². The van der Waals surface area contributed by atoms with E-state index in [0.717, 1.165) is 18.5 Å². The van der Waals surface area contributed by atoms with Gasteiger partial charge in [-0.05, 0) is 24.1 Å². The van der Waals surface area contributed by atoms with Gasteiger partial charge in [0.25, 0.3) is 0 Å². The third-order valence-electron chi connectivity index (χ3n) is 2.85. The lowest BCUT2D eigenvalue weighted by Crippen LogP contribution is -2.27. The minimum atomic E-state index is -0.00151. The van der Waals surface area contributed by atoms with Gasteiger partial charge < -0.3 is 11.1 Å². The maximum absolute atomic E-state index is 11.7. The predicted molar refractivity (Wildman–Crippen MR) is 74.4 cm³/mol. The Balaban J connectivity index is 1.69. The topological polar surface area (TPSA) is 72.9 Å². The van der Waals surface area contributed by atoms with Crippen LogP contribution in [-0.4, -0.2) is 22.2 Å². The second-order valence-electron chi connectivity index (χ2n) is 4.35. The molecule has 0 aliphatic carbocycles. The summed E-state index contributed by atoms with van der Waals surface area (Å²) in [5.74, 6) is -0.00151. The molecule has 2 aromatic rings. The maximum Gasteiger partial charge on any atom is 0.224 e. The number of aromatic nitrogens is 2. The summed E-state index contributed by atoms with van der Waals surface area (Å²) in [5, 5.41) is 6.98. The van der Waals surface area contributed by atoms with Gasteiger partial charge in [0.15, 0.2) is 0 Å². The molecule has 0 radical (unpaired) electrons. The van der Waals surface area contributed by atoms with E-state index >= 15 is 0 Å². The van der Waals surface area contributed by atoms with Crippen molar-refractivity contribution in [2.24, 2.45) is 0 Å². The fourth-order valence-electron chi connectivity index (χ4n) is 1.83. The van der Waals surface area contributed by atoms with Gasteiger partial charge in [0, 0.05) is 31.2 Å². The van der Waals surface area contributed by atoms with Gasteiger partial charge in [0.05, 0.1) is 6.42 Å². The molecule has 3 N–H and O–H groups in total. The third kappa shape index (κ3) is 4.13. The standard InChI is InChI=1S/C14H18N4O/c15-13-6-2-1-5-12(13)11-14(19)16-7-3-9-18-10-4-8-17-18/h1-2,4-6,8,10H,3,7,9,11,15H2,(H,16,19). The number of carbonyl (C=O) groups is 1. The van der Waals surface area contributed by atoms with Crippen LogP contribution >= 0.6 is 0 Å². The number of nitrogen functional groups attached to an aromatic ring is 1. The zero-order valence-electron chi connectivity index (χ0n) is 10.7. The lowest BCUT2D eigenvalue weighted by molar-refractivity contribution is -0.120. The van der Waals surface area contributed by atoms with Crippen LogP contribution in [0.4, 0.5) is 5.69 Å². The highest BCUT2D eigenvalue weighted by atomic mass is 16.1. The molecule has 0 aliphatic rings. The average Bonchev–Trinajstić information content (AvgIpc) is 2.91. The Labute approximate surface area is 112 Å². The second-order valence-corrected chi connectivity index (χ2v) is 4.35. The maximum atomic E-state index is 11.7. The lowest BCUT2D eigenvalue weighted by atomic mass is 10.1. The van der Waals surface area contributed by atoms with Gasteiger partial charge in [0.2, 0.25) is 5.91 Å². The van der Waals surface area contributed by atoms with Gasteiger partial charge in [-0.15, -0.1) is 0 Å². The summed E-state index contributed by atoms with van der Waals surface area (Å²) in [6, 6.07) is 9.31. The fourth-order valence-corrected chi connectivity index (χ4v) is 1.83. The summed E-state index contributed by atoms with van der Waals surface area (Å²) in [5.41, 5.74) is 7.33. The summed E-state index contributed by atoms with van der Waals surface area (Å²) in [6.07, 6.45) is 4.84. The Morgan fingerprint density at radius 2 is 2.16 bits per heavy atom. The van der Waals surface area contributed by atoms with Gasteiger partial charge >= 0.3 is 0 Å². The molecule has 1 aromatic heterocycles. The molecule has 1 amide bonds. The van der Waals surface area contributed by atoms with Gasteiger partial charge in [-0.3, -0.25) is 9.48 Å². The molecule has 19 heavy (non-hydrogen) atoms. The Bertz CT molecular complexity index is 522. The van der Waals surface area contributed by atoms with Crippen molar-refractivity contribution in [3.05, 3.63) is 48.3 Å². The first-order valence-electron chi connectivity index (χ1n) is 6.33. The number of anilines is 1. The van der Waals surface area contributed by atoms with Crippen molar-refractivity contribution >= 4 is 11.6 Å². The first-order chi connectivity index (χ1) is 9.25. The quantitative estimate of drug-likeness (QED) is 0.604. The summed E-state index contributed by atoms with van der Waals surface area (Å²) < 4.78 is 1.85. The lowest BCUT2D eigenvalue weighted by Gasteiger charge is -2.07. The number of rotatable bonds is 6. The largest absolute Gasteiger partial charge is 0.398 e. The van der Waals surface area contributed by atoms with Crippen molar-refractivity contribution in [1.82, 2.24) is 15.1 Å². The molecule has 5 heteroatoms. The minimum absolute atomic E-state index is 0.00151. The molecular weight excluding hydrogens is 240 g/mol. The van der Waals surface area contributed by atoms with Crippen molar-refractivity contribution in [3.63, 3.8) is 0 Å². The molecular formula is C14H18N4O. The van der Waals surface area contributed by atoms with Crippen LogP contribution in [0.5, 0.6) is 0 Å². The summed E-state index contributed by atoms with van der Waals surface area (Å²) in [4.78, 5) is 11.7. The molecule has 0 fully saturated rings. The number of hydrogen-bond donors (Lipinski definition) is 2. The van der Waals surface area contributed by atoms with E-state index in [1.165, 1.54) is 0 Å². The van der Waals surface area contributed by atoms with Gasteiger partial charge in [0.1, 0.15) is 0 Å². The summed E-state index contributed by atoms with van der Waals surface area (Å²) in [7, 11) is 0. The normalized spacial score (nSPS) is 10.3. The number of nitrogens with zero attached hydrogens (tertiary/aromatic N) is 2. The number of benzene rings is 1. The van der Waals surface area contributed by atoms with Crippen LogP contribution in [0.3, 0.4) is 0 Å². The molecule has 0 aliphatic heterocycles. The first-order valence-corrected chi connectivity index (χ1v) is 6.33. The van der Waals surface area contributed by atoms with Crippen LogP contribution in [0.1, 0.15) is 12.0 Å². The highest BCUT2D eigenvalue weighted by Crippen LogP contribution is 2.10. The molecule has 0 bridgehead atoms. The molecule has 2 rings (SSSR count). The van der Waals surface area contributed by atoms with E-state index in [2.05, 4.69) is 10.4 Å². The molecule has 0 atom stereocenters. The minimum Gasteiger partial charge on any atom is -0.398 e. The van der Waals surface area contributed by atoms with Gasteiger partial charge in [-0.25, -0.2) is 0 Å². The third-order valence-corrected chi connectivity index (χ3v) is 2.85. The van der Waals surface area contributed by atoms with Crippen LogP contribution in [0.2, 0.25) is 0 Å². The van der Waals surface area contributed by atoms with E-state index in [1.807, 2.05) is 35.1 Å². The Hall–Kier alpha value is -2.30. The number of para-hydroxylation sites is 1. The number of hydrogen-bond acceptors (Lipinski definition) is 3. The highest BCUT2D eigenvalue weighted by molar-refractivity contribution is 5.80. The van der Waals surface area contributed by atoms with Crippen molar-refractivity contribution in [2.75, 3.05) is 12.3 Å². The van der Waals surface area contributed by atoms with E-state index in [9.17, 15) is 4.79 Å². The second kappa shape index (κ2) is 6.58. The van der Waals surface area contributed by atoms with E-state index in [4.69, 9.17) is 5.73 Å². The number of amides is 1. The highest BCUT2D eigenvalue weighted by Gasteiger charge is 2.05. The van der Waals surface area contributed by atoms with Crippen molar-refractivity contribution in [3.8, 4) is 0 Å².